The number of nitrogens with zero attached hydrogens (tertiary/aromatic N) is 1. The minimum Gasteiger partial charge on any atom is -0.354 e. The van der Waals surface area contributed by atoms with Crippen molar-refractivity contribution >= 4 is 23.3 Å². The molecule has 0 bridgehead atoms. The normalized spacial score (nSPS) is 13.9. The molecule has 1 aliphatic rings. The number of hydrogen-bond acceptors (Lipinski definition) is 3. The van der Waals surface area contributed by atoms with Gasteiger partial charge in [0.15, 0.2) is 5.82 Å². The predicted molar refractivity (Wildman–Crippen MR) is 70.9 cm³/mol. The molecule has 1 heterocycles. The van der Waals surface area contributed by atoms with Crippen LogP contribution in [0.25, 0.3) is 0 Å². The van der Waals surface area contributed by atoms with Gasteiger partial charge < -0.3 is 10.2 Å². The van der Waals surface area contributed by atoms with Gasteiger partial charge in [-0.25, -0.2) is 8.78 Å². The van der Waals surface area contributed by atoms with Crippen LogP contribution in [-0.2, 0) is 9.59 Å². The van der Waals surface area contributed by atoms with Crippen LogP contribution in [0.4, 0.5) is 14.5 Å². The van der Waals surface area contributed by atoms with Crippen molar-refractivity contribution in [3.63, 3.8) is 0 Å². The van der Waals surface area contributed by atoms with Crippen LogP contribution in [0.2, 0.25) is 0 Å². The summed E-state index contributed by atoms with van der Waals surface area (Å²) >= 11 is 0. The van der Waals surface area contributed by atoms with Gasteiger partial charge in [0.05, 0.1) is 11.3 Å². The van der Waals surface area contributed by atoms with Crippen LogP contribution in [0.1, 0.15) is 30.6 Å². The van der Waals surface area contributed by atoms with E-state index >= 15 is 0 Å². The number of carbonyl (C=O) groups is 3. The van der Waals surface area contributed by atoms with Crippen molar-refractivity contribution in [2.24, 2.45) is 0 Å². The molecule has 1 aromatic carbocycles. The van der Waals surface area contributed by atoms with Crippen molar-refractivity contribution in [2.75, 3.05) is 11.4 Å². The Balaban J connectivity index is 2.21. The number of amides is 2. The molecule has 2 amide bonds. The van der Waals surface area contributed by atoms with Gasteiger partial charge in [-0.3, -0.25) is 14.4 Å². The molecule has 1 aliphatic heterocycles. The summed E-state index contributed by atoms with van der Waals surface area (Å²) < 4.78 is 26.9. The maximum atomic E-state index is 13.8. The first-order valence-corrected chi connectivity index (χ1v) is 6.46. The van der Waals surface area contributed by atoms with E-state index in [1.807, 2.05) is 0 Å². The van der Waals surface area contributed by atoms with E-state index in [1.54, 1.807) is 13.8 Å². The summed E-state index contributed by atoms with van der Waals surface area (Å²) in [6, 6.07) is 1.37. The van der Waals surface area contributed by atoms with Gasteiger partial charge in [-0.15, -0.1) is 0 Å². The van der Waals surface area contributed by atoms with Gasteiger partial charge >= 0.3 is 0 Å². The third kappa shape index (κ3) is 2.91. The fraction of sp³-hybridized carbons (Fsp3) is 0.357. The summed E-state index contributed by atoms with van der Waals surface area (Å²) in [6.07, 6.45) is -0.0759. The predicted octanol–water partition coefficient (Wildman–Crippen LogP) is 1.41. The highest BCUT2D eigenvalue weighted by Crippen LogP contribution is 2.32. The van der Waals surface area contributed by atoms with Crippen LogP contribution in [0, 0.1) is 11.6 Å². The Hall–Kier alpha value is -2.31. The molecule has 0 fully saturated rings. The van der Waals surface area contributed by atoms with E-state index in [0.717, 1.165) is 11.0 Å². The SMILES string of the molecule is CC(C)NC(=O)CCN1C(=O)C(=O)c2cc(F)cc(F)c21. The summed E-state index contributed by atoms with van der Waals surface area (Å²) in [5.41, 5.74) is -0.564. The first-order valence-electron chi connectivity index (χ1n) is 6.46. The van der Waals surface area contributed by atoms with Crippen molar-refractivity contribution in [1.29, 1.82) is 0 Å². The Bertz CT molecular complexity index is 629. The maximum Gasteiger partial charge on any atom is 0.299 e. The molecular weight excluding hydrogens is 282 g/mol. The van der Waals surface area contributed by atoms with E-state index in [9.17, 15) is 23.2 Å². The van der Waals surface area contributed by atoms with Crippen LogP contribution in [0.15, 0.2) is 12.1 Å². The van der Waals surface area contributed by atoms with Crippen LogP contribution in [0.3, 0.4) is 0 Å². The van der Waals surface area contributed by atoms with Crippen molar-refractivity contribution < 1.29 is 23.2 Å². The molecule has 5 nitrogen and oxygen atoms in total. The summed E-state index contributed by atoms with van der Waals surface area (Å²) in [6.45, 7) is 3.42. The van der Waals surface area contributed by atoms with E-state index in [2.05, 4.69) is 5.32 Å². The summed E-state index contributed by atoms with van der Waals surface area (Å²) in [5.74, 6) is -4.15. The molecule has 0 aromatic heterocycles. The van der Waals surface area contributed by atoms with Crippen molar-refractivity contribution in [2.45, 2.75) is 26.3 Å². The highest BCUT2D eigenvalue weighted by Gasteiger charge is 2.38. The lowest BCUT2D eigenvalue weighted by Crippen LogP contribution is -2.36. The second kappa shape index (κ2) is 5.59. The lowest BCUT2D eigenvalue weighted by atomic mass is 10.1. The van der Waals surface area contributed by atoms with Gasteiger partial charge in [-0.2, -0.15) is 0 Å². The van der Waals surface area contributed by atoms with Gasteiger partial charge in [0.1, 0.15) is 5.82 Å². The van der Waals surface area contributed by atoms with Crippen molar-refractivity contribution in [3.05, 3.63) is 29.3 Å². The Morgan fingerprint density at radius 2 is 1.95 bits per heavy atom. The lowest BCUT2D eigenvalue weighted by molar-refractivity contribution is -0.121. The van der Waals surface area contributed by atoms with Gasteiger partial charge in [0, 0.05) is 25.1 Å². The third-order valence-corrected chi connectivity index (χ3v) is 2.99. The molecule has 0 spiro atoms. The standard InChI is InChI=1S/C14H14F2N2O3/c1-7(2)17-11(19)3-4-18-12-9(13(20)14(18)21)5-8(15)6-10(12)16/h5-7H,3-4H2,1-2H3,(H,17,19). The largest absolute Gasteiger partial charge is 0.354 e. The van der Waals surface area contributed by atoms with Crippen molar-refractivity contribution in [3.8, 4) is 0 Å². The molecule has 7 heteroatoms. The van der Waals surface area contributed by atoms with E-state index < -0.39 is 23.3 Å². The molecule has 0 unspecified atom stereocenters. The van der Waals surface area contributed by atoms with E-state index in [1.165, 1.54) is 0 Å². The molecule has 1 N–H and O–H groups in total. The van der Waals surface area contributed by atoms with Gasteiger partial charge in [-0.1, -0.05) is 0 Å². The number of rotatable bonds is 4. The molecule has 0 saturated heterocycles. The third-order valence-electron chi connectivity index (χ3n) is 2.99. The number of hydrogen-bond donors (Lipinski definition) is 1. The Morgan fingerprint density at radius 3 is 2.57 bits per heavy atom. The second-order valence-electron chi connectivity index (χ2n) is 5.04. The zero-order valence-corrected chi connectivity index (χ0v) is 11.6. The van der Waals surface area contributed by atoms with Gasteiger partial charge in [0.2, 0.25) is 5.91 Å². The molecule has 112 valence electrons. The summed E-state index contributed by atoms with van der Waals surface area (Å²) in [7, 11) is 0. The smallest absolute Gasteiger partial charge is 0.299 e. The number of anilines is 1. The molecule has 2 rings (SSSR count). The molecule has 21 heavy (non-hydrogen) atoms. The van der Waals surface area contributed by atoms with Crippen LogP contribution in [0.5, 0.6) is 0 Å². The van der Waals surface area contributed by atoms with E-state index in [0.29, 0.717) is 6.07 Å². The van der Waals surface area contributed by atoms with E-state index in [4.69, 9.17) is 0 Å². The first kappa shape index (κ1) is 15.1. The highest BCUT2D eigenvalue weighted by molar-refractivity contribution is 6.52. The minimum atomic E-state index is -0.992. The lowest BCUT2D eigenvalue weighted by Gasteiger charge is -2.17. The van der Waals surface area contributed by atoms with E-state index in [-0.39, 0.29) is 36.2 Å². The molecule has 1 aromatic rings. The zero-order chi connectivity index (χ0) is 15.7. The summed E-state index contributed by atoms with van der Waals surface area (Å²) in [4.78, 5) is 36.0. The maximum absolute atomic E-state index is 13.8. The fourth-order valence-corrected chi connectivity index (χ4v) is 2.17. The monoisotopic (exact) mass is 296 g/mol. The summed E-state index contributed by atoms with van der Waals surface area (Å²) in [5, 5.41) is 2.62. The highest BCUT2D eigenvalue weighted by atomic mass is 19.1. The molecule has 0 radical (unpaired) electrons. The quantitative estimate of drug-likeness (QED) is 0.854. The number of fused-ring (bicyclic) bond motifs is 1. The molecule has 0 aliphatic carbocycles. The Morgan fingerprint density at radius 1 is 1.29 bits per heavy atom. The topological polar surface area (TPSA) is 66.5 Å². The number of ketones is 1. The molecular formula is C14H14F2N2O3. The average Bonchev–Trinajstić information content (AvgIpc) is 2.60. The number of halogens is 2. The van der Waals surface area contributed by atoms with Gasteiger partial charge in [0.25, 0.3) is 11.7 Å². The fourth-order valence-electron chi connectivity index (χ4n) is 2.17. The average molecular weight is 296 g/mol. The molecule has 0 saturated carbocycles. The number of nitrogens with one attached hydrogen (secondary N) is 1. The first-order chi connectivity index (χ1) is 9.81. The van der Waals surface area contributed by atoms with Crippen LogP contribution >= 0.6 is 0 Å². The Labute approximate surface area is 119 Å². The molecule has 0 atom stereocenters. The minimum absolute atomic E-state index is 0.0634. The second-order valence-corrected chi connectivity index (χ2v) is 5.04. The Kier molecular flexibility index (Phi) is 4.02. The van der Waals surface area contributed by atoms with Crippen molar-refractivity contribution in [1.82, 2.24) is 5.32 Å². The van der Waals surface area contributed by atoms with Gasteiger partial charge in [-0.05, 0) is 19.9 Å². The number of carbonyl (C=O) groups excluding carboxylic acids is 3. The van der Waals surface area contributed by atoms with Crippen LogP contribution in [-0.4, -0.2) is 30.2 Å². The number of Topliss-reactive ketones (excluding diaryl/α,β-unsaturated/α-hetero) is 1. The van der Waals surface area contributed by atoms with Crippen LogP contribution < -0.4 is 10.2 Å². The zero-order valence-electron chi connectivity index (χ0n) is 11.6. The number of benzene rings is 1.